The number of amides is 1. The van der Waals surface area contributed by atoms with Crippen molar-refractivity contribution in [1.29, 1.82) is 0 Å². The zero-order valence-corrected chi connectivity index (χ0v) is 19.7. The highest BCUT2D eigenvalue weighted by Gasteiger charge is 2.57. The van der Waals surface area contributed by atoms with E-state index < -0.39 is 29.0 Å². The van der Waals surface area contributed by atoms with Gasteiger partial charge >= 0.3 is 6.18 Å². The smallest absolute Gasteiger partial charge is 0.372 e. The average Bonchev–Trinajstić information content (AvgIpc) is 3.22. The van der Waals surface area contributed by atoms with Crippen LogP contribution in [0.5, 0.6) is 0 Å². The highest BCUT2D eigenvalue weighted by Crippen LogP contribution is 2.55. The van der Waals surface area contributed by atoms with E-state index in [0.29, 0.717) is 23.3 Å². The molecule has 182 valence electrons. The van der Waals surface area contributed by atoms with Gasteiger partial charge in [-0.3, -0.25) is 4.79 Å². The third-order valence-corrected chi connectivity index (χ3v) is 7.46. The van der Waals surface area contributed by atoms with Crippen molar-refractivity contribution in [2.75, 3.05) is 18.0 Å². The number of hydrogen-bond acceptors (Lipinski definition) is 5. The van der Waals surface area contributed by atoms with Crippen LogP contribution >= 0.6 is 0 Å². The summed E-state index contributed by atoms with van der Waals surface area (Å²) < 4.78 is 42.5. The van der Waals surface area contributed by atoms with Crippen LogP contribution in [0.2, 0.25) is 0 Å². The lowest BCUT2D eigenvalue weighted by molar-refractivity contribution is -0.120. The number of fused-ring (bicyclic) bond motifs is 1. The van der Waals surface area contributed by atoms with Crippen molar-refractivity contribution in [3.05, 3.63) is 52.4 Å². The summed E-state index contributed by atoms with van der Waals surface area (Å²) in [5, 5.41) is 13.7. The van der Waals surface area contributed by atoms with Crippen molar-refractivity contribution in [2.45, 2.75) is 76.2 Å². The van der Waals surface area contributed by atoms with Crippen LogP contribution < -0.4 is 15.5 Å². The molecule has 2 unspecified atom stereocenters. The maximum absolute atomic E-state index is 14.2. The standard InChI is InChI=1S/C25H30F3N5O/c1-4-24(15-9-8-10-16(13-15)33-11-6-5-7-12-33)18-17(14-23(2,3)30-22(18)34)29-21-19(24)20(31-32-21)25(26,27)28/h8-10,13,21,29H,4-7,11-12,14H2,1-3H3,(H,30,34). The minimum atomic E-state index is -4.68. The van der Waals surface area contributed by atoms with Crippen LogP contribution in [-0.4, -0.2) is 36.9 Å². The van der Waals surface area contributed by atoms with Crippen molar-refractivity contribution in [3.63, 3.8) is 0 Å². The number of carbonyl (C=O) groups excluding carboxylic acids is 1. The van der Waals surface area contributed by atoms with Crippen LogP contribution in [0.3, 0.4) is 0 Å². The second-order valence-corrected chi connectivity index (χ2v) is 10.2. The Bertz CT molecular complexity index is 1110. The Morgan fingerprint density at radius 2 is 1.91 bits per heavy atom. The molecule has 1 fully saturated rings. The van der Waals surface area contributed by atoms with Gasteiger partial charge in [-0.15, -0.1) is 5.11 Å². The van der Waals surface area contributed by atoms with E-state index in [1.54, 1.807) is 0 Å². The quantitative estimate of drug-likeness (QED) is 0.643. The highest BCUT2D eigenvalue weighted by atomic mass is 19.4. The van der Waals surface area contributed by atoms with Gasteiger partial charge < -0.3 is 15.5 Å². The van der Waals surface area contributed by atoms with Gasteiger partial charge in [-0.25, -0.2) is 0 Å². The van der Waals surface area contributed by atoms with E-state index in [1.807, 2.05) is 45.0 Å². The molecule has 0 bridgehead atoms. The molecule has 1 aromatic rings. The SMILES string of the molecule is CCC1(c2cccc(N3CCCCC3)c2)C2=C(CC(C)(C)NC2=O)NC2N=NC(C(F)(F)F)=C21. The molecule has 4 aliphatic heterocycles. The largest absolute Gasteiger partial charge is 0.435 e. The Labute approximate surface area is 197 Å². The predicted octanol–water partition coefficient (Wildman–Crippen LogP) is 5.09. The molecule has 4 aliphatic rings. The molecular weight excluding hydrogens is 443 g/mol. The molecule has 34 heavy (non-hydrogen) atoms. The Kier molecular flexibility index (Phi) is 5.29. The molecule has 4 heterocycles. The van der Waals surface area contributed by atoms with E-state index in [4.69, 9.17) is 0 Å². The fourth-order valence-electron chi connectivity index (χ4n) is 6.05. The fraction of sp³-hybridized carbons (Fsp3) is 0.560. The molecule has 1 saturated heterocycles. The van der Waals surface area contributed by atoms with Gasteiger partial charge in [0.05, 0.1) is 11.0 Å². The second kappa shape index (κ2) is 7.85. The van der Waals surface area contributed by atoms with Crippen LogP contribution in [0.1, 0.15) is 58.4 Å². The normalized spacial score (nSPS) is 28.5. The minimum absolute atomic E-state index is 0.0203. The summed E-state index contributed by atoms with van der Waals surface area (Å²) in [5.41, 5.74) is -0.143. The summed E-state index contributed by atoms with van der Waals surface area (Å²) in [6.45, 7) is 7.48. The van der Waals surface area contributed by atoms with Gasteiger partial charge in [0, 0.05) is 42.0 Å². The number of alkyl halides is 3. The number of hydrogen-bond donors (Lipinski definition) is 2. The summed E-state index contributed by atoms with van der Waals surface area (Å²) in [5.74, 6) is -0.344. The molecule has 2 N–H and O–H groups in total. The number of nitrogens with one attached hydrogen (secondary N) is 2. The molecule has 2 atom stereocenters. The molecular formula is C25H30F3N5O. The maximum Gasteiger partial charge on any atom is 0.435 e. The Hall–Kier alpha value is -2.84. The first kappa shape index (κ1) is 22.9. The number of halogens is 3. The summed E-state index contributed by atoms with van der Waals surface area (Å²) in [4.78, 5) is 15.8. The van der Waals surface area contributed by atoms with E-state index in [-0.39, 0.29) is 17.9 Å². The van der Waals surface area contributed by atoms with Crippen molar-refractivity contribution in [3.8, 4) is 0 Å². The zero-order valence-electron chi connectivity index (χ0n) is 19.7. The molecule has 5 rings (SSSR count). The van der Waals surface area contributed by atoms with Crippen LogP contribution in [0.15, 0.2) is 57.0 Å². The van der Waals surface area contributed by atoms with Gasteiger partial charge in [-0.2, -0.15) is 18.3 Å². The molecule has 1 amide bonds. The van der Waals surface area contributed by atoms with Gasteiger partial charge in [0.15, 0.2) is 11.9 Å². The molecule has 6 nitrogen and oxygen atoms in total. The number of rotatable bonds is 3. The average molecular weight is 474 g/mol. The Morgan fingerprint density at radius 3 is 2.59 bits per heavy atom. The number of carbonyl (C=O) groups is 1. The lowest BCUT2D eigenvalue weighted by atomic mass is 9.61. The van der Waals surface area contributed by atoms with Crippen LogP contribution in [0.25, 0.3) is 0 Å². The highest BCUT2D eigenvalue weighted by molar-refractivity contribution is 6.00. The maximum atomic E-state index is 14.2. The number of azo groups is 1. The molecule has 0 aliphatic carbocycles. The summed E-state index contributed by atoms with van der Waals surface area (Å²) in [6, 6.07) is 7.69. The van der Waals surface area contributed by atoms with E-state index in [1.165, 1.54) is 6.42 Å². The number of anilines is 1. The summed E-state index contributed by atoms with van der Waals surface area (Å²) in [6.07, 6.45) is -1.52. The molecule has 0 aromatic heterocycles. The summed E-state index contributed by atoms with van der Waals surface area (Å²) in [7, 11) is 0. The van der Waals surface area contributed by atoms with Crippen molar-refractivity contribution in [1.82, 2.24) is 10.6 Å². The van der Waals surface area contributed by atoms with Crippen LogP contribution in [0, 0.1) is 0 Å². The Balaban J connectivity index is 1.77. The van der Waals surface area contributed by atoms with Gasteiger partial charge in [-0.1, -0.05) is 19.1 Å². The summed E-state index contributed by atoms with van der Waals surface area (Å²) >= 11 is 0. The number of benzene rings is 1. The van der Waals surface area contributed by atoms with Crippen molar-refractivity contribution < 1.29 is 18.0 Å². The molecule has 0 spiro atoms. The number of piperidine rings is 1. The second-order valence-electron chi connectivity index (χ2n) is 10.2. The van der Waals surface area contributed by atoms with Gasteiger partial charge in [0.1, 0.15) is 0 Å². The molecule has 9 heteroatoms. The van der Waals surface area contributed by atoms with Gasteiger partial charge in [0.25, 0.3) is 5.91 Å². The van der Waals surface area contributed by atoms with Crippen molar-refractivity contribution in [2.24, 2.45) is 10.2 Å². The zero-order chi connectivity index (χ0) is 24.3. The lowest BCUT2D eigenvalue weighted by Gasteiger charge is -2.48. The van der Waals surface area contributed by atoms with Crippen LogP contribution in [-0.2, 0) is 10.2 Å². The van der Waals surface area contributed by atoms with E-state index in [0.717, 1.165) is 31.6 Å². The number of nitrogens with zero attached hydrogens (tertiary/aromatic N) is 3. The number of allylic oxidation sites excluding steroid dienone is 1. The third-order valence-electron chi connectivity index (χ3n) is 7.46. The Morgan fingerprint density at radius 1 is 1.18 bits per heavy atom. The van der Waals surface area contributed by atoms with E-state index >= 15 is 0 Å². The van der Waals surface area contributed by atoms with Gasteiger partial charge in [0.2, 0.25) is 0 Å². The minimum Gasteiger partial charge on any atom is -0.372 e. The fourth-order valence-corrected chi connectivity index (χ4v) is 6.05. The first-order valence-corrected chi connectivity index (χ1v) is 12.0. The van der Waals surface area contributed by atoms with E-state index in [2.05, 4.69) is 25.8 Å². The monoisotopic (exact) mass is 473 g/mol. The first-order valence-electron chi connectivity index (χ1n) is 12.0. The first-order chi connectivity index (χ1) is 16.1. The van der Waals surface area contributed by atoms with Crippen LogP contribution in [0.4, 0.5) is 18.9 Å². The predicted molar refractivity (Wildman–Crippen MR) is 123 cm³/mol. The molecule has 1 aromatic carbocycles. The third kappa shape index (κ3) is 3.51. The van der Waals surface area contributed by atoms with Crippen molar-refractivity contribution >= 4 is 11.6 Å². The molecule has 0 radical (unpaired) electrons. The van der Waals surface area contributed by atoms with E-state index in [9.17, 15) is 18.0 Å². The molecule has 0 saturated carbocycles. The topological polar surface area (TPSA) is 69.1 Å². The lowest BCUT2D eigenvalue weighted by Crippen LogP contribution is -2.58. The van der Waals surface area contributed by atoms with Gasteiger partial charge in [-0.05, 0) is 57.2 Å².